The number of hydrogen-bond acceptors (Lipinski definition) is 4. The highest BCUT2D eigenvalue weighted by Crippen LogP contribution is 2.24. The quantitative estimate of drug-likeness (QED) is 0.634. The van der Waals surface area contributed by atoms with Gasteiger partial charge in [0, 0.05) is 11.8 Å². The Morgan fingerprint density at radius 3 is 2.65 bits per heavy atom. The highest BCUT2D eigenvalue weighted by Gasteiger charge is 2.17. The van der Waals surface area contributed by atoms with Crippen LogP contribution >= 0.6 is 0 Å². The maximum absolute atomic E-state index is 11.0. The predicted molar refractivity (Wildman–Crippen MR) is 73.8 cm³/mol. The average molecular weight is 270 g/mol. The lowest BCUT2D eigenvalue weighted by molar-refractivity contribution is -0.385. The topological polar surface area (TPSA) is 84.8 Å². The molecule has 2 rings (SSSR count). The molecule has 0 radical (unpaired) electrons. The first-order valence-electron chi connectivity index (χ1n) is 6.23. The SMILES string of the molecule is CCc1c(C)nn(-c2ccc(C#N)c([N+](=O)[O-])c2)c1C. The van der Waals surface area contributed by atoms with Crippen LogP contribution in [-0.2, 0) is 6.42 Å². The fourth-order valence-corrected chi connectivity index (χ4v) is 2.34. The summed E-state index contributed by atoms with van der Waals surface area (Å²) in [5.74, 6) is 0. The fraction of sp³-hybridized carbons (Fsp3) is 0.286. The van der Waals surface area contributed by atoms with E-state index in [4.69, 9.17) is 5.26 Å². The monoisotopic (exact) mass is 270 g/mol. The zero-order valence-electron chi connectivity index (χ0n) is 11.5. The Balaban J connectivity index is 2.63. The van der Waals surface area contributed by atoms with Gasteiger partial charge in [-0.1, -0.05) is 6.92 Å². The van der Waals surface area contributed by atoms with E-state index >= 15 is 0 Å². The zero-order chi connectivity index (χ0) is 14.9. The van der Waals surface area contributed by atoms with Crippen LogP contribution in [0.3, 0.4) is 0 Å². The molecule has 0 amide bonds. The van der Waals surface area contributed by atoms with Crippen molar-refractivity contribution >= 4 is 5.69 Å². The number of aromatic nitrogens is 2. The van der Waals surface area contributed by atoms with Gasteiger partial charge in [-0.2, -0.15) is 10.4 Å². The summed E-state index contributed by atoms with van der Waals surface area (Å²) in [5, 5.41) is 24.3. The van der Waals surface area contributed by atoms with E-state index in [9.17, 15) is 10.1 Å². The van der Waals surface area contributed by atoms with Gasteiger partial charge in [-0.05, 0) is 38.0 Å². The van der Waals surface area contributed by atoms with Crippen molar-refractivity contribution in [3.63, 3.8) is 0 Å². The number of nitrogens with zero attached hydrogens (tertiary/aromatic N) is 4. The average Bonchev–Trinajstić information content (AvgIpc) is 2.72. The summed E-state index contributed by atoms with van der Waals surface area (Å²) in [7, 11) is 0. The highest BCUT2D eigenvalue weighted by atomic mass is 16.6. The smallest absolute Gasteiger partial charge is 0.258 e. The van der Waals surface area contributed by atoms with Crippen molar-refractivity contribution in [3.05, 3.63) is 50.8 Å². The van der Waals surface area contributed by atoms with Crippen LogP contribution in [0.4, 0.5) is 5.69 Å². The highest BCUT2D eigenvalue weighted by molar-refractivity contribution is 5.55. The van der Waals surface area contributed by atoms with Crippen LogP contribution in [-0.4, -0.2) is 14.7 Å². The number of nitro benzene ring substituents is 1. The van der Waals surface area contributed by atoms with E-state index in [2.05, 4.69) is 5.10 Å². The first kappa shape index (κ1) is 13.7. The van der Waals surface area contributed by atoms with Gasteiger partial charge in [0.2, 0.25) is 0 Å². The van der Waals surface area contributed by atoms with E-state index in [0.29, 0.717) is 5.69 Å². The number of rotatable bonds is 3. The molecule has 0 atom stereocenters. The summed E-state index contributed by atoms with van der Waals surface area (Å²) in [6, 6.07) is 6.34. The third-order valence-electron chi connectivity index (χ3n) is 3.34. The fourth-order valence-electron chi connectivity index (χ4n) is 2.34. The van der Waals surface area contributed by atoms with E-state index in [1.165, 1.54) is 12.1 Å². The molecule has 0 N–H and O–H groups in total. The number of benzene rings is 1. The molecule has 0 aliphatic heterocycles. The Bertz CT molecular complexity index is 726. The van der Waals surface area contributed by atoms with Crippen LogP contribution in [0.25, 0.3) is 5.69 Å². The molecular formula is C14H14N4O2. The Labute approximate surface area is 116 Å². The van der Waals surface area contributed by atoms with Gasteiger partial charge in [-0.25, -0.2) is 4.68 Å². The molecule has 1 heterocycles. The van der Waals surface area contributed by atoms with Gasteiger partial charge < -0.3 is 0 Å². The minimum absolute atomic E-state index is 0.0518. The van der Waals surface area contributed by atoms with Crippen molar-refractivity contribution in [2.24, 2.45) is 0 Å². The van der Waals surface area contributed by atoms with Gasteiger partial charge in [-0.15, -0.1) is 0 Å². The Kier molecular flexibility index (Phi) is 3.53. The molecule has 0 saturated heterocycles. The molecule has 0 saturated carbocycles. The van der Waals surface area contributed by atoms with Gasteiger partial charge >= 0.3 is 0 Å². The molecule has 1 aromatic heterocycles. The summed E-state index contributed by atoms with van der Waals surface area (Å²) in [4.78, 5) is 10.5. The molecule has 2 aromatic rings. The summed E-state index contributed by atoms with van der Waals surface area (Å²) in [6.07, 6.45) is 0.857. The Morgan fingerprint density at radius 1 is 1.45 bits per heavy atom. The zero-order valence-corrected chi connectivity index (χ0v) is 11.5. The molecule has 0 spiro atoms. The molecule has 0 bridgehead atoms. The van der Waals surface area contributed by atoms with Gasteiger partial charge in [0.15, 0.2) is 0 Å². The lowest BCUT2D eigenvalue weighted by atomic mass is 10.1. The van der Waals surface area contributed by atoms with Crippen LogP contribution in [0.15, 0.2) is 18.2 Å². The third kappa shape index (κ3) is 2.14. The van der Waals surface area contributed by atoms with Gasteiger partial charge in [-0.3, -0.25) is 10.1 Å². The predicted octanol–water partition coefficient (Wildman–Crippen LogP) is 2.83. The first-order valence-corrected chi connectivity index (χ1v) is 6.23. The van der Waals surface area contributed by atoms with E-state index < -0.39 is 4.92 Å². The number of nitriles is 1. The van der Waals surface area contributed by atoms with E-state index in [0.717, 1.165) is 23.4 Å². The van der Waals surface area contributed by atoms with Crippen molar-refractivity contribution < 1.29 is 4.92 Å². The molecule has 1 aromatic carbocycles. The normalized spacial score (nSPS) is 10.3. The lowest BCUT2D eigenvalue weighted by Crippen LogP contribution is -2.02. The Morgan fingerprint density at radius 2 is 2.15 bits per heavy atom. The van der Waals surface area contributed by atoms with Crippen molar-refractivity contribution in [2.75, 3.05) is 0 Å². The molecule has 0 unspecified atom stereocenters. The van der Waals surface area contributed by atoms with Crippen LogP contribution in [0, 0.1) is 35.3 Å². The van der Waals surface area contributed by atoms with Crippen LogP contribution in [0.2, 0.25) is 0 Å². The van der Waals surface area contributed by atoms with Gasteiger partial charge in [0.25, 0.3) is 5.69 Å². The molecule has 0 aliphatic rings. The van der Waals surface area contributed by atoms with Crippen LogP contribution in [0.5, 0.6) is 0 Å². The standard InChI is InChI=1S/C14H14N4O2/c1-4-13-9(2)16-17(10(13)3)12-6-5-11(8-15)14(7-12)18(19)20/h5-7H,4H2,1-3H3. The minimum Gasteiger partial charge on any atom is -0.258 e. The second-order valence-electron chi connectivity index (χ2n) is 4.49. The number of aryl methyl sites for hydroxylation is 1. The lowest BCUT2D eigenvalue weighted by Gasteiger charge is -2.05. The summed E-state index contributed by atoms with van der Waals surface area (Å²) >= 11 is 0. The molecule has 0 aliphatic carbocycles. The first-order chi connectivity index (χ1) is 9.49. The maximum atomic E-state index is 11.0. The Hall–Kier alpha value is -2.68. The molecule has 6 heteroatoms. The van der Waals surface area contributed by atoms with E-state index in [-0.39, 0.29) is 11.3 Å². The van der Waals surface area contributed by atoms with Crippen molar-refractivity contribution in [3.8, 4) is 11.8 Å². The molecule has 102 valence electrons. The van der Waals surface area contributed by atoms with E-state index in [1.807, 2.05) is 26.8 Å². The molecule has 20 heavy (non-hydrogen) atoms. The minimum atomic E-state index is -0.547. The molecule has 0 fully saturated rings. The van der Waals surface area contributed by atoms with Crippen LogP contribution < -0.4 is 0 Å². The van der Waals surface area contributed by atoms with Gasteiger partial charge in [0.05, 0.1) is 16.3 Å². The summed E-state index contributed by atoms with van der Waals surface area (Å²) < 4.78 is 1.68. The largest absolute Gasteiger partial charge is 0.289 e. The molecule has 6 nitrogen and oxygen atoms in total. The second-order valence-corrected chi connectivity index (χ2v) is 4.49. The number of hydrogen-bond donors (Lipinski definition) is 0. The molecular weight excluding hydrogens is 256 g/mol. The van der Waals surface area contributed by atoms with E-state index in [1.54, 1.807) is 10.7 Å². The summed E-state index contributed by atoms with van der Waals surface area (Å²) in [6.45, 7) is 5.89. The van der Waals surface area contributed by atoms with Crippen LogP contribution in [0.1, 0.15) is 29.4 Å². The second kappa shape index (κ2) is 5.13. The third-order valence-corrected chi connectivity index (χ3v) is 3.34. The maximum Gasteiger partial charge on any atom is 0.289 e. The van der Waals surface area contributed by atoms with Gasteiger partial charge in [0.1, 0.15) is 11.6 Å². The van der Waals surface area contributed by atoms with Crippen molar-refractivity contribution in [1.29, 1.82) is 5.26 Å². The summed E-state index contributed by atoms with van der Waals surface area (Å²) in [5.41, 5.74) is 3.46. The van der Waals surface area contributed by atoms with Crippen molar-refractivity contribution in [1.82, 2.24) is 9.78 Å². The number of nitro groups is 1. The van der Waals surface area contributed by atoms with Crippen molar-refractivity contribution in [2.45, 2.75) is 27.2 Å².